The Kier molecular flexibility index (Phi) is 9.35. The lowest BCUT2D eigenvalue weighted by atomic mass is 9.91. The Balaban J connectivity index is 1.62. The van der Waals surface area contributed by atoms with Crippen LogP contribution in [0.15, 0.2) is 96.3 Å². The zero-order chi connectivity index (χ0) is 37.9. The maximum absolute atomic E-state index is 13.8. The molecule has 4 aromatic carbocycles. The Morgan fingerprint density at radius 2 is 1.09 bits per heavy atom. The third-order valence-corrected chi connectivity index (χ3v) is 10.3. The Morgan fingerprint density at radius 3 is 1.58 bits per heavy atom. The molecule has 5 aromatic rings. The number of para-hydroxylation sites is 2. The van der Waals surface area contributed by atoms with Crippen LogP contribution in [-0.2, 0) is 0 Å². The van der Waals surface area contributed by atoms with Gasteiger partial charge in [-0.15, -0.1) is 0 Å². The third kappa shape index (κ3) is 6.04. The van der Waals surface area contributed by atoms with Crippen LogP contribution in [0.5, 0.6) is 5.75 Å². The number of carbonyl (C=O) groups excluding carboxylic acids is 2. The van der Waals surface area contributed by atoms with Crippen molar-refractivity contribution < 1.29 is 14.3 Å². The summed E-state index contributed by atoms with van der Waals surface area (Å²) in [7, 11) is 7.70. The lowest BCUT2D eigenvalue weighted by Crippen LogP contribution is -2.26. The molecule has 0 atom stereocenters. The number of ketones is 2. The molecular weight excluding hydrogens is 655 g/mol. The van der Waals surface area contributed by atoms with Crippen LogP contribution in [0.2, 0.25) is 0 Å². The maximum Gasteiger partial charge on any atom is 0.197 e. The summed E-state index contributed by atoms with van der Waals surface area (Å²) in [5.74, 6) is 2.74. The maximum atomic E-state index is 13.8. The first-order valence-electron chi connectivity index (χ1n) is 18.4. The number of hydrogen-bond donors (Lipinski definition) is 0. The molecule has 2 radical (unpaired) electrons. The number of hydrogen-bond acceptors (Lipinski definition) is 7. The molecule has 0 fully saturated rings. The second kappa shape index (κ2) is 13.8. The summed E-state index contributed by atoms with van der Waals surface area (Å²) < 4.78 is 5.62. The first-order valence-corrected chi connectivity index (χ1v) is 18.4. The summed E-state index contributed by atoms with van der Waals surface area (Å²) in [5, 5.41) is 0. The molecule has 8 heteroatoms. The van der Waals surface area contributed by atoms with Crippen molar-refractivity contribution in [2.45, 2.75) is 79.1 Å². The summed E-state index contributed by atoms with van der Waals surface area (Å²) in [6.45, 7) is 17.6. The molecule has 0 spiro atoms. The Morgan fingerprint density at radius 1 is 0.604 bits per heavy atom. The normalized spacial score (nSPS) is 15.7. The minimum atomic E-state index is -0.340. The van der Waals surface area contributed by atoms with E-state index in [1.165, 1.54) is 0 Å². The van der Waals surface area contributed by atoms with E-state index < -0.39 is 0 Å². The van der Waals surface area contributed by atoms with Gasteiger partial charge in [-0.1, -0.05) is 115 Å². The quantitative estimate of drug-likeness (QED) is 0.0906. The molecule has 7 nitrogen and oxygen atoms in total. The Labute approximate surface area is 313 Å². The predicted molar refractivity (Wildman–Crippen MR) is 216 cm³/mol. The molecule has 53 heavy (non-hydrogen) atoms. The fraction of sp³-hybridized carbons (Fsp3) is 0.289. The molecule has 0 unspecified atom stereocenters. The molecule has 0 saturated carbocycles. The number of anilines is 4. The van der Waals surface area contributed by atoms with Crippen LogP contribution in [-0.4, -0.2) is 36.5 Å². The van der Waals surface area contributed by atoms with E-state index in [1.54, 1.807) is 31.4 Å². The van der Waals surface area contributed by atoms with Crippen LogP contribution in [0.4, 0.5) is 23.0 Å². The second-order valence-corrected chi connectivity index (χ2v) is 15.2. The van der Waals surface area contributed by atoms with Gasteiger partial charge in [0.05, 0.1) is 35.1 Å². The minimum Gasteiger partial charge on any atom is -0.497 e. The summed E-state index contributed by atoms with van der Waals surface area (Å²) in [5.41, 5.74) is 9.24. The van der Waals surface area contributed by atoms with Gasteiger partial charge in [0.1, 0.15) is 19.4 Å². The van der Waals surface area contributed by atoms with E-state index in [1.807, 2.05) is 24.3 Å². The van der Waals surface area contributed by atoms with Gasteiger partial charge in [0.25, 0.3) is 0 Å². The zero-order valence-corrected chi connectivity index (χ0v) is 32.0. The molecule has 1 aliphatic heterocycles. The molecule has 2 aliphatic rings. The monoisotopic (exact) mass is 700 g/mol. The fourth-order valence-corrected chi connectivity index (χ4v) is 7.54. The van der Waals surface area contributed by atoms with E-state index in [0.29, 0.717) is 39.5 Å². The van der Waals surface area contributed by atoms with Gasteiger partial charge in [0, 0.05) is 17.2 Å². The zero-order valence-electron chi connectivity index (χ0n) is 32.0. The predicted octanol–water partition coefficient (Wildman–Crippen LogP) is 10.1. The highest BCUT2D eigenvalue weighted by atomic mass is 16.5. The highest BCUT2D eigenvalue weighted by Crippen LogP contribution is 2.54. The van der Waals surface area contributed by atoms with Crippen LogP contribution in [0.1, 0.15) is 122 Å². The first kappa shape index (κ1) is 35.9. The first-order chi connectivity index (χ1) is 25.3. The molecular formula is C45H45BN4O3. The van der Waals surface area contributed by atoms with Gasteiger partial charge in [0.2, 0.25) is 0 Å². The number of aromatic nitrogens is 2. The van der Waals surface area contributed by atoms with Crippen molar-refractivity contribution in [3.8, 4) is 5.75 Å². The number of carbonyl (C=O) groups is 2. The standard InChI is InChI=1S/C45H45BN4O3/c1-24(2)30-12-10-13-31(25(3)4)40(30)49-39(21-19-35-42(51)34-18-16-28(46)22-36(34)43(35)52)50(41-32(26(5)6)14-11-15-33(41)27(7)8)45-44(49)47-37-20-17-29(53-9)23-38(37)48-45/h10-27H,1-9H3/b35-19+,39-21-. The van der Waals surface area contributed by atoms with E-state index >= 15 is 0 Å². The summed E-state index contributed by atoms with van der Waals surface area (Å²) in [6.07, 6.45) is 3.57. The van der Waals surface area contributed by atoms with Gasteiger partial charge in [-0.05, 0) is 70.2 Å². The van der Waals surface area contributed by atoms with Crippen LogP contribution in [0.3, 0.4) is 0 Å². The number of ether oxygens (including phenoxy) is 1. The Bertz CT molecular complexity index is 2320. The molecule has 0 bridgehead atoms. The van der Waals surface area contributed by atoms with E-state index in [-0.39, 0.29) is 40.8 Å². The summed E-state index contributed by atoms with van der Waals surface area (Å²) in [4.78, 5) is 42.8. The van der Waals surface area contributed by atoms with Crippen molar-refractivity contribution >= 4 is 58.9 Å². The number of rotatable bonds is 8. The van der Waals surface area contributed by atoms with Crippen LogP contribution in [0.25, 0.3) is 11.0 Å². The smallest absolute Gasteiger partial charge is 0.197 e. The van der Waals surface area contributed by atoms with Crippen molar-refractivity contribution in [2.75, 3.05) is 16.9 Å². The molecule has 7 rings (SSSR count). The van der Waals surface area contributed by atoms with Crippen molar-refractivity contribution in [2.24, 2.45) is 0 Å². The fourth-order valence-electron chi connectivity index (χ4n) is 7.54. The minimum absolute atomic E-state index is 0.0900. The van der Waals surface area contributed by atoms with Gasteiger partial charge >= 0.3 is 0 Å². The van der Waals surface area contributed by atoms with E-state index in [4.69, 9.17) is 22.6 Å². The largest absolute Gasteiger partial charge is 0.497 e. The number of fused-ring (bicyclic) bond motifs is 3. The van der Waals surface area contributed by atoms with Gasteiger partial charge < -0.3 is 4.74 Å². The molecule has 266 valence electrons. The van der Waals surface area contributed by atoms with Gasteiger partial charge in [-0.2, -0.15) is 0 Å². The van der Waals surface area contributed by atoms with Crippen molar-refractivity contribution in [3.05, 3.63) is 130 Å². The Hall–Kier alpha value is -5.50. The number of allylic oxidation sites excluding steroid dienone is 3. The average Bonchev–Trinajstić information content (AvgIpc) is 3.56. The topological polar surface area (TPSA) is 75.6 Å². The number of benzene rings is 4. The lowest BCUT2D eigenvalue weighted by Gasteiger charge is -2.32. The van der Waals surface area contributed by atoms with Crippen LogP contribution < -0.4 is 20.0 Å². The van der Waals surface area contributed by atoms with E-state index in [0.717, 1.165) is 45.0 Å². The number of nitrogens with zero attached hydrogens (tertiary/aromatic N) is 4. The molecule has 0 saturated heterocycles. The van der Waals surface area contributed by atoms with E-state index in [2.05, 4.69) is 102 Å². The van der Waals surface area contributed by atoms with Crippen molar-refractivity contribution in [3.63, 3.8) is 0 Å². The van der Waals surface area contributed by atoms with Gasteiger partial charge in [-0.3, -0.25) is 19.4 Å². The van der Waals surface area contributed by atoms with Gasteiger partial charge in [-0.25, -0.2) is 9.97 Å². The third-order valence-electron chi connectivity index (χ3n) is 10.3. The highest BCUT2D eigenvalue weighted by Gasteiger charge is 2.41. The molecule has 2 heterocycles. The lowest BCUT2D eigenvalue weighted by molar-refractivity contribution is 0.0988. The van der Waals surface area contributed by atoms with Gasteiger partial charge in [0.15, 0.2) is 23.2 Å². The molecule has 1 aromatic heterocycles. The number of methoxy groups -OCH3 is 1. The molecule has 0 N–H and O–H groups in total. The number of Topliss-reactive ketones (excluding diaryl/α,β-unsaturated/α-hetero) is 2. The van der Waals surface area contributed by atoms with Crippen molar-refractivity contribution in [1.29, 1.82) is 0 Å². The van der Waals surface area contributed by atoms with Crippen LogP contribution >= 0.6 is 0 Å². The molecule has 1 aliphatic carbocycles. The van der Waals surface area contributed by atoms with Crippen molar-refractivity contribution in [1.82, 2.24) is 9.97 Å². The van der Waals surface area contributed by atoms with Crippen LogP contribution in [0, 0.1) is 0 Å². The molecule has 0 amide bonds. The summed E-state index contributed by atoms with van der Waals surface area (Å²) >= 11 is 0. The van der Waals surface area contributed by atoms with E-state index in [9.17, 15) is 9.59 Å². The second-order valence-electron chi connectivity index (χ2n) is 15.2. The average molecular weight is 701 g/mol. The SMILES string of the molecule is [B]c1ccc2c(c1)C(=O)/C(=C/C=C1/N(c3c(C(C)C)cccc3C(C)C)c3nc4ccc(OC)cc4nc3N1c1c(C(C)C)cccc1C(C)C)C2=O. The highest BCUT2D eigenvalue weighted by molar-refractivity contribution is 6.41. The summed E-state index contributed by atoms with van der Waals surface area (Å²) in [6, 6.07) is 23.6.